The highest BCUT2D eigenvalue weighted by Crippen LogP contribution is 2.25. The van der Waals surface area contributed by atoms with Gasteiger partial charge in [-0.25, -0.2) is 14.8 Å². The summed E-state index contributed by atoms with van der Waals surface area (Å²) >= 11 is 1.52. The average Bonchev–Trinajstić information content (AvgIpc) is 3.31. The zero-order valence-corrected chi connectivity index (χ0v) is 21.3. The van der Waals surface area contributed by atoms with Crippen LogP contribution in [0.4, 0.5) is 11.6 Å². The van der Waals surface area contributed by atoms with Crippen molar-refractivity contribution in [2.24, 2.45) is 14.1 Å². The minimum atomic E-state index is -0.389. The van der Waals surface area contributed by atoms with E-state index < -0.39 is 0 Å². The highest BCUT2D eigenvalue weighted by molar-refractivity contribution is 7.99. The molecule has 0 unspecified atom stereocenters. The molecule has 1 aliphatic heterocycles. The Kier molecular flexibility index (Phi) is 6.68. The third-order valence-corrected chi connectivity index (χ3v) is 7.27. The Morgan fingerprint density at radius 1 is 0.944 bits per heavy atom. The quantitative estimate of drug-likeness (QED) is 0.270. The van der Waals surface area contributed by atoms with Crippen LogP contribution in [0.2, 0.25) is 0 Å². The van der Waals surface area contributed by atoms with Crippen LogP contribution in [0.15, 0.2) is 57.5 Å². The van der Waals surface area contributed by atoms with Crippen LogP contribution in [-0.2, 0) is 20.6 Å². The van der Waals surface area contributed by atoms with E-state index in [2.05, 4.69) is 31.9 Å². The summed E-state index contributed by atoms with van der Waals surface area (Å²) in [4.78, 5) is 43.6. The summed E-state index contributed by atoms with van der Waals surface area (Å²) in [6.07, 6.45) is 3.42. The van der Waals surface area contributed by atoms with E-state index in [1.54, 1.807) is 32.6 Å². The number of aromatic nitrogens is 6. The maximum atomic E-state index is 13.2. The van der Waals surface area contributed by atoms with Crippen LogP contribution in [-0.4, -0.2) is 67.7 Å². The molecule has 0 bridgehead atoms. The van der Waals surface area contributed by atoms with Crippen molar-refractivity contribution < 1.29 is 4.74 Å². The van der Waals surface area contributed by atoms with Crippen LogP contribution in [0, 0.1) is 0 Å². The number of aryl methyl sites for hydroxylation is 2. The van der Waals surface area contributed by atoms with Crippen LogP contribution in [0.3, 0.4) is 0 Å². The predicted molar refractivity (Wildman–Crippen MR) is 140 cm³/mol. The lowest BCUT2D eigenvalue weighted by Gasteiger charge is -2.36. The largest absolute Gasteiger partial charge is 0.497 e. The van der Waals surface area contributed by atoms with Crippen molar-refractivity contribution >= 4 is 34.6 Å². The second-order valence-electron chi connectivity index (χ2n) is 8.49. The number of ether oxygens (including phenoxy) is 1. The summed E-state index contributed by atoms with van der Waals surface area (Å²) < 4.78 is 9.79. The molecule has 0 N–H and O–H groups in total. The highest BCUT2D eigenvalue weighted by Gasteiger charge is 2.25. The fourth-order valence-corrected chi connectivity index (χ4v) is 5.16. The van der Waals surface area contributed by atoms with Crippen molar-refractivity contribution in [1.29, 1.82) is 0 Å². The van der Waals surface area contributed by atoms with Gasteiger partial charge < -0.3 is 19.1 Å². The van der Waals surface area contributed by atoms with Crippen molar-refractivity contribution in [2.45, 2.75) is 11.7 Å². The maximum Gasteiger partial charge on any atom is 0.332 e. The number of fused-ring (bicyclic) bond motifs is 1. The molecule has 3 aromatic heterocycles. The molecule has 0 radical (unpaired) electrons. The SMILES string of the molecule is COc1ccc(N2CCN(c3nc4c(c(=O)n(C)c(=O)n4C)n3CCSc3ncccn3)CC2)cc1. The van der Waals surface area contributed by atoms with Gasteiger partial charge in [-0.3, -0.25) is 13.9 Å². The van der Waals surface area contributed by atoms with Crippen LogP contribution < -0.4 is 25.8 Å². The number of hydrogen-bond acceptors (Lipinski definition) is 9. The first-order valence-corrected chi connectivity index (χ1v) is 12.7. The number of thioether (sulfide) groups is 1. The standard InChI is InChI=1S/C24H28N8O3S/c1-28-20-19(21(33)29(2)24(28)34)32(15-16-36-22-25-9-4-10-26-22)23(27-20)31-13-11-30(12-14-31)17-5-7-18(35-3)8-6-17/h4-10H,11-16H2,1-3H3. The summed E-state index contributed by atoms with van der Waals surface area (Å²) in [5.74, 6) is 2.18. The van der Waals surface area contributed by atoms with E-state index in [0.717, 1.165) is 42.2 Å². The Hall–Kier alpha value is -3.80. The Morgan fingerprint density at radius 3 is 2.28 bits per heavy atom. The Morgan fingerprint density at radius 2 is 1.61 bits per heavy atom. The van der Waals surface area contributed by atoms with E-state index in [9.17, 15) is 9.59 Å². The molecule has 1 fully saturated rings. The normalized spacial score (nSPS) is 14.0. The van der Waals surface area contributed by atoms with Crippen LogP contribution in [0.5, 0.6) is 5.75 Å². The fourth-order valence-electron chi connectivity index (χ4n) is 4.43. The van der Waals surface area contributed by atoms with Gasteiger partial charge in [-0.2, -0.15) is 4.98 Å². The van der Waals surface area contributed by atoms with Crippen molar-refractivity contribution in [3.8, 4) is 5.75 Å². The molecule has 0 aliphatic carbocycles. The predicted octanol–water partition coefficient (Wildman–Crippen LogP) is 1.35. The number of imidazole rings is 1. The Bertz CT molecular complexity index is 1470. The van der Waals surface area contributed by atoms with Crippen molar-refractivity contribution in [3.05, 3.63) is 63.6 Å². The number of nitrogens with zero attached hydrogens (tertiary/aromatic N) is 8. The topological polar surface area (TPSA) is 103 Å². The van der Waals surface area contributed by atoms with Crippen molar-refractivity contribution in [2.75, 3.05) is 48.8 Å². The summed E-state index contributed by atoms with van der Waals surface area (Å²) in [5, 5.41) is 0.678. The third-order valence-electron chi connectivity index (χ3n) is 6.42. The van der Waals surface area contributed by atoms with E-state index in [1.165, 1.54) is 23.4 Å². The molecular formula is C24H28N8O3S. The Labute approximate surface area is 212 Å². The first-order chi connectivity index (χ1) is 17.5. The number of piperazine rings is 1. The number of rotatable bonds is 7. The van der Waals surface area contributed by atoms with Gasteiger partial charge in [0.2, 0.25) is 5.95 Å². The summed E-state index contributed by atoms with van der Waals surface area (Å²) in [7, 11) is 4.81. The zero-order chi connectivity index (χ0) is 25.2. The second-order valence-corrected chi connectivity index (χ2v) is 9.56. The smallest absolute Gasteiger partial charge is 0.332 e. The second kappa shape index (κ2) is 10.1. The summed E-state index contributed by atoms with van der Waals surface area (Å²) in [6, 6.07) is 9.83. The minimum absolute atomic E-state index is 0.343. The van der Waals surface area contributed by atoms with Gasteiger partial charge in [-0.05, 0) is 30.3 Å². The number of methoxy groups -OCH3 is 1. The van der Waals surface area contributed by atoms with E-state index in [-0.39, 0.29) is 11.2 Å². The molecule has 0 atom stereocenters. The van der Waals surface area contributed by atoms with Crippen LogP contribution in [0.25, 0.3) is 11.2 Å². The average molecular weight is 509 g/mol. The monoisotopic (exact) mass is 508 g/mol. The zero-order valence-electron chi connectivity index (χ0n) is 20.5. The van der Waals surface area contributed by atoms with E-state index in [0.29, 0.717) is 34.6 Å². The molecule has 0 spiro atoms. The highest BCUT2D eigenvalue weighted by atomic mass is 32.2. The molecule has 36 heavy (non-hydrogen) atoms. The maximum absolute atomic E-state index is 13.2. The third kappa shape index (κ3) is 4.43. The van der Waals surface area contributed by atoms with E-state index in [4.69, 9.17) is 9.72 Å². The first-order valence-electron chi connectivity index (χ1n) is 11.7. The first kappa shape index (κ1) is 23.9. The molecule has 1 saturated heterocycles. The number of hydrogen-bond donors (Lipinski definition) is 0. The van der Waals surface area contributed by atoms with E-state index >= 15 is 0 Å². The fraction of sp³-hybridized carbons (Fsp3) is 0.375. The summed E-state index contributed by atoms with van der Waals surface area (Å²) in [5.41, 5.74) is 1.24. The van der Waals surface area contributed by atoms with Gasteiger partial charge in [0.15, 0.2) is 16.3 Å². The van der Waals surface area contributed by atoms with Gasteiger partial charge in [0, 0.05) is 70.7 Å². The molecule has 1 aromatic carbocycles. The molecule has 5 rings (SSSR count). The molecular weight excluding hydrogens is 480 g/mol. The number of benzene rings is 1. The van der Waals surface area contributed by atoms with E-state index in [1.807, 2.05) is 16.7 Å². The van der Waals surface area contributed by atoms with Gasteiger partial charge in [0.05, 0.1) is 7.11 Å². The van der Waals surface area contributed by atoms with Crippen molar-refractivity contribution in [3.63, 3.8) is 0 Å². The molecule has 0 saturated carbocycles. The van der Waals surface area contributed by atoms with Gasteiger partial charge in [-0.1, -0.05) is 11.8 Å². The summed E-state index contributed by atoms with van der Waals surface area (Å²) in [6.45, 7) is 3.61. The molecule has 12 heteroatoms. The van der Waals surface area contributed by atoms with Crippen molar-refractivity contribution in [1.82, 2.24) is 28.7 Å². The van der Waals surface area contributed by atoms with Gasteiger partial charge in [-0.15, -0.1) is 0 Å². The van der Waals surface area contributed by atoms with Gasteiger partial charge in [0.25, 0.3) is 5.56 Å². The van der Waals surface area contributed by atoms with Crippen LogP contribution >= 0.6 is 11.8 Å². The molecule has 0 amide bonds. The number of anilines is 2. The lowest BCUT2D eigenvalue weighted by Crippen LogP contribution is -2.47. The Balaban J connectivity index is 1.44. The lowest BCUT2D eigenvalue weighted by atomic mass is 10.2. The molecule has 188 valence electrons. The lowest BCUT2D eigenvalue weighted by molar-refractivity contribution is 0.415. The van der Waals surface area contributed by atoms with Crippen LogP contribution in [0.1, 0.15) is 0 Å². The molecule has 4 heterocycles. The molecule has 1 aliphatic rings. The van der Waals surface area contributed by atoms with Gasteiger partial charge >= 0.3 is 5.69 Å². The van der Waals surface area contributed by atoms with Gasteiger partial charge in [0.1, 0.15) is 5.75 Å². The molecule has 4 aromatic rings. The molecule has 11 nitrogen and oxygen atoms in total. The minimum Gasteiger partial charge on any atom is -0.497 e.